The van der Waals surface area contributed by atoms with Crippen molar-refractivity contribution < 1.29 is 13.5 Å². The monoisotopic (exact) mass is 383 g/mol. The van der Waals surface area contributed by atoms with E-state index in [1.165, 1.54) is 18.2 Å². The predicted molar refractivity (Wildman–Crippen MR) is 99.4 cm³/mol. The van der Waals surface area contributed by atoms with E-state index in [0.717, 1.165) is 0 Å². The Morgan fingerprint density at radius 3 is 2.63 bits per heavy atom. The summed E-state index contributed by atoms with van der Waals surface area (Å²) in [4.78, 5) is 14.0. The number of nitrogens with one attached hydrogen (secondary N) is 2. The summed E-state index contributed by atoms with van der Waals surface area (Å²) >= 11 is 0. The Balaban J connectivity index is 2.20. The molecule has 2 aromatic rings. The van der Waals surface area contributed by atoms with E-state index in [0.29, 0.717) is 11.1 Å². The van der Waals surface area contributed by atoms with Gasteiger partial charge in [0.15, 0.2) is 5.88 Å². The first kappa shape index (κ1) is 18.6. The van der Waals surface area contributed by atoms with Crippen LogP contribution in [0.25, 0.3) is 0 Å². The van der Waals surface area contributed by atoms with Crippen LogP contribution in [-0.4, -0.2) is 18.5 Å². The van der Waals surface area contributed by atoms with Gasteiger partial charge in [0, 0.05) is 23.6 Å². The van der Waals surface area contributed by atoms with Crippen molar-refractivity contribution in [3.05, 3.63) is 81.7 Å². The van der Waals surface area contributed by atoms with Gasteiger partial charge in [-0.15, -0.1) is 0 Å². The second-order valence-electron chi connectivity index (χ2n) is 6.27. The van der Waals surface area contributed by atoms with Crippen LogP contribution in [0, 0.1) is 18.3 Å². The lowest BCUT2D eigenvalue weighted by molar-refractivity contribution is 0.404. The second-order valence-corrected chi connectivity index (χ2v) is 7.95. The molecule has 0 radical (unpaired) electrons. The molecule has 0 amide bonds. The zero-order chi connectivity index (χ0) is 19.7. The molecule has 1 aliphatic rings. The van der Waals surface area contributed by atoms with Crippen LogP contribution in [0.15, 0.2) is 69.9 Å². The van der Waals surface area contributed by atoms with Crippen molar-refractivity contribution in [2.24, 2.45) is 0 Å². The summed E-state index contributed by atoms with van der Waals surface area (Å²) in [5.41, 5.74) is -1.01. The second kappa shape index (κ2) is 6.87. The highest BCUT2D eigenvalue weighted by atomic mass is 32.2. The molecule has 3 rings (SSSR count). The molecule has 0 spiro atoms. The Kier molecular flexibility index (Phi) is 4.74. The normalized spacial score (nSPS) is 19.3. The van der Waals surface area contributed by atoms with Gasteiger partial charge in [0.05, 0.1) is 16.5 Å². The first-order valence-corrected chi connectivity index (χ1v) is 9.57. The zero-order valence-electron chi connectivity index (χ0n) is 14.4. The quantitative estimate of drug-likeness (QED) is 0.745. The number of hydrogen-bond acceptors (Lipinski definition) is 5. The third-order valence-corrected chi connectivity index (χ3v) is 5.85. The number of pyridine rings is 1. The number of H-pyrrole nitrogens is 1. The number of aryl methyl sites for hydroxylation is 1. The van der Waals surface area contributed by atoms with Crippen LogP contribution in [0.3, 0.4) is 0 Å². The van der Waals surface area contributed by atoms with E-state index in [4.69, 9.17) is 0 Å². The molecule has 0 saturated carbocycles. The molecule has 0 saturated heterocycles. The number of sulfonamides is 1. The Bertz CT molecular complexity index is 1120. The summed E-state index contributed by atoms with van der Waals surface area (Å²) < 4.78 is 28.5. The number of aromatic amines is 1. The largest absolute Gasteiger partial charge is 0.494 e. The molecule has 27 heavy (non-hydrogen) atoms. The summed E-state index contributed by atoms with van der Waals surface area (Å²) in [6.45, 7) is 1.60. The number of rotatable bonds is 4. The molecule has 8 heteroatoms. The molecule has 0 fully saturated rings. The van der Waals surface area contributed by atoms with Crippen molar-refractivity contribution in [2.45, 2.75) is 23.8 Å². The molecule has 1 atom stereocenters. The number of aromatic nitrogens is 1. The van der Waals surface area contributed by atoms with E-state index in [2.05, 4.69) is 9.71 Å². The maximum Gasteiger partial charge on any atom is 0.250 e. The van der Waals surface area contributed by atoms with E-state index < -0.39 is 27.0 Å². The van der Waals surface area contributed by atoms with Gasteiger partial charge in [0.1, 0.15) is 0 Å². The van der Waals surface area contributed by atoms with Crippen molar-refractivity contribution in [2.75, 3.05) is 0 Å². The topological polar surface area (TPSA) is 123 Å². The summed E-state index contributed by atoms with van der Waals surface area (Å²) in [6, 6.07) is 11.1. The predicted octanol–water partition coefficient (Wildman–Crippen LogP) is 1.97. The van der Waals surface area contributed by atoms with Gasteiger partial charge in [0.25, 0.3) is 5.56 Å². The highest BCUT2D eigenvalue weighted by molar-refractivity contribution is 7.89. The van der Waals surface area contributed by atoms with Gasteiger partial charge >= 0.3 is 0 Å². The van der Waals surface area contributed by atoms with Crippen LogP contribution in [0.1, 0.15) is 17.5 Å². The number of hydrogen-bond donors (Lipinski definition) is 3. The third kappa shape index (κ3) is 3.56. The average Bonchev–Trinajstić information content (AvgIpc) is 2.61. The van der Waals surface area contributed by atoms with E-state index in [9.17, 15) is 23.6 Å². The van der Waals surface area contributed by atoms with Crippen LogP contribution in [0.4, 0.5) is 0 Å². The van der Waals surface area contributed by atoms with E-state index in [-0.39, 0.29) is 16.9 Å². The van der Waals surface area contributed by atoms with Gasteiger partial charge in [-0.05, 0) is 30.7 Å². The standard InChI is InChI=1S/C19H17N3O4S/c1-13-10-16(23)21-18(24)17(13)19(9-5-6-14(11-19)12-20)22-27(25,26)15-7-3-2-4-8-15/h2-10,22H,11H2,1H3,(H2,21,23,24). The number of benzene rings is 1. The lowest BCUT2D eigenvalue weighted by Crippen LogP contribution is -2.46. The Morgan fingerprint density at radius 1 is 1.30 bits per heavy atom. The minimum absolute atomic E-state index is 0.00743. The molecular weight excluding hydrogens is 366 g/mol. The molecule has 138 valence electrons. The van der Waals surface area contributed by atoms with Crippen LogP contribution in [0.2, 0.25) is 0 Å². The zero-order valence-corrected chi connectivity index (χ0v) is 15.2. The molecule has 1 unspecified atom stereocenters. The minimum atomic E-state index is -3.98. The fraction of sp³-hybridized carbons (Fsp3) is 0.158. The summed E-state index contributed by atoms with van der Waals surface area (Å²) in [7, 11) is -3.98. The number of nitriles is 1. The van der Waals surface area contributed by atoms with Gasteiger partial charge in [0.2, 0.25) is 10.0 Å². The Labute approximate surface area is 156 Å². The van der Waals surface area contributed by atoms with Gasteiger partial charge in [-0.3, -0.25) is 9.78 Å². The lowest BCUT2D eigenvalue weighted by Gasteiger charge is -2.34. The van der Waals surface area contributed by atoms with Crippen molar-refractivity contribution in [3.8, 4) is 11.9 Å². The van der Waals surface area contributed by atoms with Gasteiger partial charge in [-0.2, -0.15) is 9.98 Å². The van der Waals surface area contributed by atoms with Crippen LogP contribution in [-0.2, 0) is 15.6 Å². The average molecular weight is 383 g/mol. The van der Waals surface area contributed by atoms with Crippen molar-refractivity contribution >= 4 is 10.0 Å². The van der Waals surface area contributed by atoms with Gasteiger partial charge < -0.3 is 5.11 Å². The molecule has 1 aromatic heterocycles. The highest BCUT2D eigenvalue weighted by Gasteiger charge is 2.40. The summed E-state index contributed by atoms with van der Waals surface area (Å²) in [5.74, 6) is -0.445. The minimum Gasteiger partial charge on any atom is -0.494 e. The number of aromatic hydroxyl groups is 1. The first-order chi connectivity index (χ1) is 12.8. The van der Waals surface area contributed by atoms with E-state index in [1.807, 2.05) is 6.07 Å². The Morgan fingerprint density at radius 2 is 2.00 bits per heavy atom. The van der Waals surface area contributed by atoms with E-state index >= 15 is 0 Å². The Hall–Kier alpha value is -3.15. The fourth-order valence-electron chi connectivity index (χ4n) is 3.25. The smallest absolute Gasteiger partial charge is 0.250 e. The molecule has 0 aliphatic heterocycles. The SMILES string of the molecule is Cc1cc(=O)[nH]c(O)c1C1(NS(=O)(=O)c2ccccc2)C=CC=C(C#N)C1. The molecule has 0 bridgehead atoms. The molecular formula is C19H17N3O4S. The number of nitrogens with zero attached hydrogens (tertiary/aromatic N) is 1. The van der Waals surface area contributed by atoms with Crippen molar-refractivity contribution in [3.63, 3.8) is 0 Å². The van der Waals surface area contributed by atoms with Gasteiger partial charge in [-0.1, -0.05) is 30.4 Å². The molecule has 1 aliphatic carbocycles. The van der Waals surface area contributed by atoms with Crippen LogP contribution < -0.4 is 10.3 Å². The molecule has 1 aromatic carbocycles. The highest BCUT2D eigenvalue weighted by Crippen LogP contribution is 2.39. The lowest BCUT2D eigenvalue weighted by atomic mass is 9.80. The first-order valence-electron chi connectivity index (χ1n) is 8.08. The summed E-state index contributed by atoms with van der Waals surface area (Å²) in [6.07, 6.45) is 4.69. The van der Waals surface area contributed by atoms with Gasteiger partial charge in [-0.25, -0.2) is 8.42 Å². The summed E-state index contributed by atoms with van der Waals surface area (Å²) in [5, 5.41) is 19.7. The fourth-order valence-corrected chi connectivity index (χ4v) is 4.60. The van der Waals surface area contributed by atoms with Crippen molar-refractivity contribution in [1.29, 1.82) is 5.26 Å². The molecule has 3 N–H and O–H groups in total. The maximum atomic E-state index is 13.0. The number of allylic oxidation sites excluding steroid dienone is 2. The van der Waals surface area contributed by atoms with Crippen LogP contribution >= 0.6 is 0 Å². The molecule has 1 heterocycles. The molecule has 7 nitrogen and oxygen atoms in total. The van der Waals surface area contributed by atoms with Crippen LogP contribution in [0.5, 0.6) is 5.88 Å². The third-order valence-electron chi connectivity index (χ3n) is 4.33. The van der Waals surface area contributed by atoms with E-state index in [1.54, 1.807) is 43.4 Å². The maximum absolute atomic E-state index is 13.0. The van der Waals surface area contributed by atoms with Crippen molar-refractivity contribution in [1.82, 2.24) is 9.71 Å².